The summed E-state index contributed by atoms with van der Waals surface area (Å²) < 4.78 is 57.8. The summed E-state index contributed by atoms with van der Waals surface area (Å²) in [6, 6.07) is 10.8. The van der Waals surface area contributed by atoms with Crippen molar-refractivity contribution in [1.29, 1.82) is 0 Å². The van der Waals surface area contributed by atoms with Crippen LogP contribution in [0.2, 0.25) is 5.02 Å². The average molecular weight is 558 g/mol. The number of nitrogens with zero attached hydrogens (tertiary/aromatic N) is 2. The van der Waals surface area contributed by atoms with Crippen LogP contribution >= 0.6 is 11.6 Å². The van der Waals surface area contributed by atoms with E-state index >= 15 is 0 Å². The standard InChI is InChI=1S/C27H16ClF4N3O4/c1-33-14-5-7-16(18(28)12-14)17-6-4-13(15-3-2-10-34-24(15)17)11-20(26(37)38)35-25(36)22-19(29)8-9-21(23(22)30)39-27(31)32/h2-10,12,20,27H,11H2,(H,35,36)(H,37,38)/t20-/m0/s1. The maximum absolute atomic E-state index is 14.6. The number of hydrogen-bond donors (Lipinski definition) is 2. The monoisotopic (exact) mass is 557 g/mol. The number of benzene rings is 3. The first-order valence-electron chi connectivity index (χ1n) is 11.1. The molecule has 0 bridgehead atoms. The molecule has 1 amide bonds. The Labute approximate surface area is 223 Å². The van der Waals surface area contributed by atoms with Crippen LogP contribution in [0.5, 0.6) is 5.75 Å². The molecule has 0 aliphatic heterocycles. The lowest BCUT2D eigenvalue weighted by Crippen LogP contribution is -2.43. The summed E-state index contributed by atoms with van der Waals surface area (Å²) in [5, 5.41) is 12.6. The molecule has 1 heterocycles. The molecule has 4 aromatic rings. The smallest absolute Gasteiger partial charge is 0.387 e. The zero-order chi connectivity index (χ0) is 28.3. The zero-order valence-electron chi connectivity index (χ0n) is 19.6. The minimum Gasteiger partial charge on any atom is -0.480 e. The van der Waals surface area contributed by atoms with Crippen molar-refractivity contribution in [1.82, 2.24) is 10.3 Å². The van der Waals surface area contributed by atoms with E-state index in [9.17, 15) is 32.3 Å². The number of alkyl halides is 2. The Morgan fingerprint density at radius 3 is 2.51 bits per heavy atom. The van der Waals surface area contributed by atoms with Gasteiger partial charge < -0.3 is 15.2 Å². The van der Waals surface area contributed by atoms with Crippen LogP contribution in [0.1, 0.15) is 15.9 Å². The fourth-order valence-electron chi connectivity index (χ4n) is 4.00. The fourth-order valence-corrected chi connectivity index (χ4v) is 4.27. The van der Waals surface area contributed by atoms with Gasteiger partial charge in [0.1, 0.15) is 17.4 Å². The number of carboxylic acids is 1. The number of halogens is 5. The average Bonchev–Trinajstić information content (AvgIpc) is 2.90. The fraction of sp³-hybridized carbons (Fsp3) is 0.111. The molecule has 0 saturated carbocycles. The number of amides is 1. The van der Waals surface area contributed by atoms with Crippen molar-refractivity contribution >= 4 is 40.1 Å². The number of ether oxygens (including phenoxy) is 1. The summed E-state index contributed by atoms with van der Waals surface area (Å²) in [4.78, 5) is 32.4. The van der Waals surface area contributed by atoms with Gasteiger partial charge in [0.15, 0.2) is 17.3 Å². The zero-order valence-corrected chi connectivity index (χ0v) is 20.3. The molecule has 0 radical (unpaired) electrons. The molecule has 0 fully saturated rings. The van der Waals surface area contributed by atoms with E-state index < -0.39 is 47.5 Å². The number of pyridine rings is 1. The highest BCUT2D eigenvalue weighted by Crippen LogP contribution is 2.36. The number of carboxylic acid groups (broad SMARTS) is 1. The second-order valence-electron chi connectivity index (χ2n) is 8.13. The topological polar surface area (TPSA) is 92.9 Å². The molecule has 198 valence electrons. The van der Waals surface area contributed by atoms with Crippen molar-refractivity contribution in [2.24, 2.45) is 0 Å². The molecular formula is C27H16ClF4N3O4. The summed E-state index contributed by atoms with van der Waals surface area (Å²) in [7, 11) is 0. The highest BCUT2D eigenvalue weighted by atomic mass is 35.5. The van der Waals surface area contributed by atoms with E-state index in [0.717, 1.165) is 0 Å². The third kappa shape index (κ3) is 5.76. The molecule has 2 N–H and O–H groups in total. The number of rotatable bonds is 8. The van der Waals surface area contributed by atoms with Crippen LogP contribution in [0.3, 0.4) is 0 Å². The van der Waals surface area contributed by atoms with E-state index in [-0.39, 0.29) is 6.42 Å². The van der Waals surface area contributed by atoms with Gasteiger partial charge in [-0.25, -0.2) is 18.4 Å². The Hall–Kier alpha value is -4.69. The number of fused-ring (bicyclic) bond motifs is 1. The first-order chi connectivity index (χ1) is 18.6. The molecule has 0 aliphatic rings. The summed E-state index contributed by atoms with van der Waals surface area (Å²) in [6.45, 7) is 3.70. The quantitative estimate of drug-likeness (QED) is 0.193. The van der Waals surface area contributed by atoms with E-state index in [1.165, 1.54) is 12.3 Å². The van der Waals surface area contributed by atoms with Gasteiger partial charge in [0.25, 0.3) is 5.91 Å². The van der Waals surface area contributed by atoms with Crippen LogP contribution in [0, 0.1) is 18.2 Å². The Kier molecular flexibility index (Phi) is 7.97. The molecule has 39 heavy (non-hydrogen) atoms. The third-order valence-electron chi connectivity index (χ3n) is 5.76. The SMILES string of the molecule is [C-]#[N+]c1ccc(-c2ccc(C[C@H](NC(=O)c3c(F)ccc(OC(F)F)c3F)C(=O)O)c3cccnc23)c(Cl)c1. The molecule has 1 atom stereocenters. The summed E-state index contributed by atoms with van der Waals surface area (Å²) in [5.74, 6) is -7.14. The van der Waals surface area contributed by atoms with Crippen molar-refractivity contribution in [2.75, 3.05) is 0 Å². The second-order valence-corrected chi connectivity index (χ2v) is 8.54. The number of carbonyl (C=O) groups is 2. The minimum atomic E-state index is -3.43. The number of aliphatic carboxylic acids is 1. The van der Waals surface area contributed by atoms with Gasteiger partial charge in [-0.2, -0.15) is 8.78 Å². The molecule has 4 rings (SSSR count). The predicted molar refractivity (Wildman–Crippen MR) is 134 cm³/mol. The van der Waals surface area contributed by atoms with Crippen LogP contribution in [0.4, 0.5) is 23.2 Å². The van der Waals surface area contributed by atoms with E-state index in [0.29, 0.717) is 50.4 Å². The van der Waals surface area contributed by atoms with Gasteiger partial charge in [-0.3, -0.25) is 9.78 Å². The molecule has 0 aliphatic carbocycles. The van der Waals surface area contributed by atoms with Crippen LogP contribution in [-0.4, -0.2) is 34.6 Å². The molecule has 3 aromatic carbocycles. The Bertz CT molecular complexity index is 1640. The molecule has 0 saturated heterocycles. The Morgan fingerprint density at radius 2 is 1.85 bits per heavy atom. The third-order valence-corrected chi connectivity index (χ3v) is 6.07. The first-order valence-corrected chi connectivity index (χ1v) is 11.5. The van der Waals surface area contributed by atoms with Gasteiger partial charge in [-0.1, -0.05) is 41.9 Å². The van der Waals surface area contributed by atoms with E-state index in [4.69, 9.17) is 18.2 Å². The van der Waals surface area contributed by atoms with Gasteiger partial charge >= 0.3 is 12.6 Å². The highest BCUT2D eigenvalue weighted by molar-refractivity contribution is 6.34. The minimum absolute atomic E-state index is 0.306. The predicted octanol–water partition coefficient (Wildman–Crippen LogP) is 6.41. The maximum atomic E-state index is 14.6. The van der Waals surface area contributed by atoms with Gasteiger partial charge in [0.05, 0.1) is 12.1 Å². The van der Waals surface area contributed by atoms with E-state index in [2.05, 4.69) is 14.6 Å². The van der Waals surface area contributed by atoms with Gasteiger partial charge in [0, 0.05) is 28.6 Å². The lowest BCUT2D eigenvalue weighted by atomic mass is 9.95. The highest BCUT2D eigenvalue weighted by Gasteiger charge is 2.28. The number of nitrogens with one attached hydrogen (secondary N) is 1. The number of carbonyl (C=O) groups excluding carboxylic acids is 1. The largest absolute Gasteiger partial charge is 0.480 e. The second kappa shape index (κ2) is 11.4. The lowest BCUT2D eigenvalue weighted by molar-refractivity contribution is -0.139. The van der Waals surface area contributed by atoms with Gasteiger partial charge in [0.2, 0.25) is 0 Å². The first kappa shape index (κ1) is 27.3. The van der Waals surface area contributed by atoms with Crippen LogP contribution in [0.25, 0.3) is 26.9 Å². The van der Waals surface area contributed by atoms with Crippen LogP contribution < -0.4 is 10.1 Å². The molecule has 1 aromatic heterocycles. The summed E-state index contributed by atoms with van der Waals surface area (Å²) in [5.41, 5.74) is 1.15. The molecule has 12 heteroatoms. The van der Waals surface area contributed by atoms with E-state index in [1.54, 1.807) is 36.4 Å². The Balaban J connectivity index is 1.68. The van der Waals surface area contributed by atoms with Crippen molar-refractivity contribution in [3.05, 3.63) is 100.0 Å². The molecular weight excluding hydrogens is 542 g/mol. The number of aromatic nitrogens is 1. The van der Waals surface area contributed by atoms with Crippen molar-refractivity contribution in [3.8, 4) is 16.9 Å². The van der Waals surface area contributed by atoms with Crippen molar-refractivity contribution in [2.45, 2.75) is 19.1 Å². The lowest BCUT2D eigenvalue weighted by Gasteiger charge is -2.18. The van der Waals surface area contributed by atoms with Crippen LogP contribution in [-0.2, 0) is 11.2 Å². The van der Waals surface area contributed by atoms with Crippen molar-refractivity contribution < 1.29 is 37.0 Å². The van der Waals surface area contributed by atoms with Crippen LogP contribution in [0.15, 0.2) is 60.8 Å². The van der Waals surface area contributed by atoms with Gasteiger partial charge in [-0.05, 0) is 35.4 Å². The Morgan fingerprint density at radius 1 is 1.10 bits per heavy atom. The summed E-state index contributed by atoms with van der Waals surface area (Å²) in [6.07, 6.45) is 1.21. The molecule has 0 spiro atoms. The summed E-state index contributed by atoms with van der Waals surface area (Å²) >= 11 is 6.38. The number of hydrogen-bond acceptors (Lipinski definition) is 4. The van der Waals surface area contributed by atoms with E-state index in [1.807, 2.05) is 5.32 Å². The van der Waals surface area contributed by atoms with Gasteiger partial charge in [-0.15, -0.1) is 0 Å². The molecule has 7 nitrogen and oxygen atoms in total. The normalized spacial score (nSPS) is 11.7. The maximum Gasteiger partial charge on any atom is 0.387 e. The molecule has 0 unspecified atom stereocenters. The van der Waals surface area contributed by atoms with Crippen molar-refractivity contribution in [3.63, 3.8) is 0 Å².